The van der Waals surface area contributed by atoms with Crippen LogP contribution in [0.4, 0.5) is 10.1 Å². The molecule has 0 saturated heterocycles. The largest absolute Gasteiger partial charge is 0.396 e. The second-order valence-electron chi connectivity index (χ2n) is 4.82. The standard InChI is InChI=1S/C11H15FN2O2S/c1-11(4-5-11)7-14-17(15,16)8-2-3-9(12)10(13)6-8/h2-3,6,14H,4-5,7,13H2,1H3. The summed E-state index contributed by atoms with van der Waals surface area (Å²) in [7, 11) is -3.59. The lowest BCUT2D eigenvalue weighted by molar-refractivity contribution is 0.530. The molecule has 0 unspecified atom stereocenters. The summed E-state index contributed by atoms with van der Waals surface area (Å²) in [5.74, 6) is -0.613. The summed E-state index contributed by atoms with van der Waals surface area (Å²) in [5.41, 5.74) is 5.26. The molecule has 1 aromatic rings. The van der Waals surface area contributed by atoms with E-state index in [4.69, 9.17) is 5.73 Å². The highest BCUT2D eigenvalue weighted by Crippen LogP contribution is 2.44. The average molecular weight is 258 g/mol. The van der Waals surface area contributed by atoms with Crippen molar-refractivity contribution >= 4 is 15.7 Å². The Morgan fingerprint density at radius 2 is 2.12 bits per heavy atom. The molecule has 1 aliphatic rings. The third kappa shape index (κ3) is 2.76. The Morgan fingerprint density at radius 3 is 2.65 bits per heavy atom. The molecule has 0 aliphatic heterocycles. The van der Waals surface area contributed by atoms with Gasteiger partial charge in [-0.15, -0.1) is 0 Å². The van der Waals surface area contributed by atoms with E-state index in [2.05, 4.69) is 4.72 Å². The lowest BCUT2D eigenvalue weighted by Crippen LogP contribution is -2.29. The summed E-state index contributed by atoms with van der Waals surface area (Å²) in [5, 5.41) is 0. The van der Waals surface area contributed by atoms with Crippen LogP contribution in [-0.4, -0.2) is 15.0 Å². The summed E-state index contributed by atoms with van der Waals surface area (Å²) in [6.45, 7) is 2.43. The molecule has 4 nitrogen and oxygen atoms in total. The van der Waals surface area contributed by atoms with E-state index >= 15 is 0 Å². The fourth-order valence-corrected chi connectivity index (χ4v) is 2.67. The number of sulfonamides is 1. The fourth-order valence-electron chi connectivity index (χ4n) is 1.43. The predicted molar refractivity (Wildman–Crippen MR) is 63.3 cm³/mol. The van der Waals surface area contributed by atoms with Crippen molar-refractivity contribution in [2.24, 2.45) is 5.41 Å². The Bertz CT molecular complexity index is 538. The first-order chi connectivity index (χ1) is 7.82. The number of halogens is 1. The van der Waals surface area contributed by atoms with Crippen LogP contribution in [0, 0.1) is 11.2 Å². The Labute approximate surface area is 100 Å². The van der Waals surface area contributed by atoms with Crippen LogP contribution in [0.15, 0.2) is 23.1 Å². The van der Waals surface area contributed by atoms with Gasteiger partial charge in [-0.2, -0.15) is 0 Å². The minimum Gasteiger partial charge on any atom is -0.396 e. The quantitative estimate of drug-likeness (QED) is 0.804. The summed E-state index contributed by atoms with van der Waals surface area (Å²) < 4.78 is 39.2. The number of hydrogen-bond donors (Lipinski definition) is 2. The molecule has 6 heteroatoms. The summed E-state index contributed by atoms with van der Waals surface area (Å²) in [4.78, 5) is 0.000602. The van der Waals surface area contributed by atoms with Crippen LogP contribution in [-0.2, 0) is 10.0 Å². The highest BCUT2D eigenvalue weighted by molar-refractivity contribution is 7.89. The maximum atomic E-state index is 12.9. The molecule has 94 valence electrons. The molecule has 17 heavy (non-hydrogen) atoms. The van der Waals surface area contributed by atoms with Crippen molar-refractivity contribution in [1.82, 2.24) is 4.72 Å². The van der Waals surface area contributed by atoms with Crippen LogP contribution in [0.2, 0.25) is 0 Å². The van der Waals surface area contributed by atoms with Crippen molar-refractivity contribution in [3.05, 3.63) is 24.0 Å². The minimum absolute atomic E-state index is 0.000602. The van der Waals surface area contributed by atoms with Crippen LogP contribution in [0.3, 0.4) is 0 Å². The Balaban J connectivity index is 2.16. The van der Waals surface area contributed by atoms with Gasteiger partial charge in [0.25, 0.3) is 0 Å². The third-order valence-corrected chi connectivity index (χ3v) is 4.47. The number of nitrogen functional groups attached to an aromatic ring is 1. The monoisotopic (exact) mass is 258 g/mol. The van der Waals surface area contributed by atoms with Crippen LogP contribution >= 0.6 is 0 Å². The maximum Gasteiger partial charge on any atom is 0.240 e. The zero-order chi connectivity index (χ0) is 12.7. The molecule has 0 spiro atoms. The van der Waals surface area contributed by atoms with Crippen molar-refractivity contribution in [1.29, 1.82) is 0 Å². The van der Waals surface area contributed by atoms with Gasteiger partial charge < -0.3 is 5.73 Å². The molecule has 1 aromatic carbocycles. The first-order valence-electron chi connectivity index (χ1n) is 5.37. The van der Waals surface area contributed by atoms with Crippen molar-refractivity contribution in [2.45, 2.75) is 24.7 Å². The van der Waals surface area contributed by atoms with Crippen molar-refractivity contribution < 1.29 is 12.8 Å². The molecule has 0 amide bonds. The highest BCUT2D eigenvalue weighted by atomic mass is 32.2. The summed E-state index contributed by atoms with van der Waals surface area (Å²) >= 11 is 0. The summed E-state index contributed by atoms with van der Waals surface area (Å²) in [6.07, 6.45) is 2.06. The molecule has 1 aliphatic carbocycles. The van der Waals surface area contributed by atoms with E-state index < -0.39 is 15.8 Å². The van der Waals surface area contributed by atoms with Gasteiger partial charge in [0.2, 0.25) is 10.0 Å². The molecule has 1 saturated carbocycles. The van der Waals surface area contributed by atoms with Crippen molar-refractivity contribution in [3.63, 3.8) is 0 Å². The van der Waals surface area contributed by atoms with E-state index in [9.17, 15) is 12.8 Å². The van der Waals surface area contributed by atoms with Gasteiger partial charge in [0.05, 0.1) is 10.6 Å². The fraction of sp³-hybridized carbons (Fsp3) is 0.455. The number of rotatable bonds is 4. The second kappa shape index (κ2) is 3.96. The summed E-state index contributed by atoms with van der Waals surface area (Å²) in [6, 6.07) is 3.40. The van der Waals surface area contributed by atoms with Gasteiger partial charge in [-0.05, 0) is 36.5 Å². The van der Waals surface area contributed by atoms with Gasteiger partial charge in [-0.25, -0.2) is 17.5 Å². The molecule has 1 fully saturated rings. The van der Waals surface area contributed by atoms with E-state index in [0.29, 0.717) is 6.54 Å². The lowest BCUT2D eigenvalue weighted by atomic mass is 10.2. The van der Waals surface area contributed by atoms with Gasteiger partial charge in [0.15, 0.2) is 0 Å². The van der Waals surface area contributed by atoms with Crippen molar-refractivity contribution in [2.75, 3.05) is 12.3 Å². The second-order valence-corrected chi connectivity index (χ2v) is 6.59. The van der Waals surface area contributed by atoms with Crippen LogP contribution in [0.1, 0.15) is 19.8 Å². The molecule has 0 heterocycles. The Morgan fingerprint density at radius 1 is 1.47 bits per heavy atom. The zero-order valence-electron chi connectivity index (χ0n) is 9.53. The SMILES string of the molecule is CC1(CNS(=O)(=O)c2ccc(F)c(N)c2)CC1. The smallest absolute Gasteiger partial charge is 0.240 e. The normalized spacial score (nSPS) is 18.0. The molecular formula is C11H15FN2O2S. The molecule has 0 radical (unpaired) electrons. The van der Waals surface area contributed by atoms with E-state index in [0.717, 1.165) is 25.0 Å². The van der Waals surface area contributed by atoms with Crippen LogP contribution < -0.4 is 10.5 Å². The average Bonchev–Trinajstić information content (AvgIpc) is 2.99. The predicted octanol–water partition coefficient (Wildman–Crippen LogP) is 1.49. The number of nitrogens with one attached hydrogen (secondary N) is 1. The van der Waals surface area contributed by atoms with E-state index in [-0.39, 0.29) is 16.0 Å². The highest BCUT2D eigenvalue weighted by Gasteiger charge is 2.38. The van der Waals surface area contributed by atoms with E-state index in [1.807, 2.05) is 6.92 Å². The van der Waals surface area contributed by atoms with Gasteiger partial charge in [0, 0.05) is 6.54 Å². The first kappa shape index (κ1) is 12.3. The topological polar surface area (TPSA) is 72.2 Å². The Hall–Kier alpha value is -1.14. The Kier molecular flexibility index (Phi) is 2.87. The molecular weight excluding hydrogens is 243 g/mol. The number of anilines is 1. The molecule has 0 atom stereocenters. The zero-order valence-corrected chi connectivity index (χ0v) is 10.3. The van der Waals surface area contributed by atoms with Gasteiger partial charge in [0.1, 0.15) is 5.82 Å². The van der Waals surface area contributed by atoms with E-state index in [1.54, 1.807) is 0 Å². The first-order valence-corrected chi connectivity index (χ1v) is 6.85. The maximum absolute atomic E-state index is 12.9. The van der Waals surface area contributed by atoms with E-state index in [1.165, 1.54) is 6.07 Å². The van der Waals surface area contributed by atoms with Crippen LogP contribution in [0.25, 0.3) is 0 Å². The minimum atomic E-state index is -3.59. The molecule has 0 aromatic heterocycles. The number of benzene rings is 1. The van der Waals surface area contributed by atoms with Gasteiger partial charge in [-0.1, -0.05) is 6.92 Å². The lowest BCUT2D eigenvalue weighted by Gasteiger charge is -2.11. The number of nitrogens with two attached hydrogens (primary N) is 1. The van der Waals surface area contributed by atoms with Gasteiger partial charge >= 0.3 is 0 Å². The molecule has 3 N–H and O–H groups in total. The third-order valence-electron chi connectivity index (χ3n) is 3.07. The molecule has 2 rings (SSSR count). The van der Waals surface area contributed by atoms with Crippen molar-refractivity contribution in [3.8, 4) is 0 Å². The van der Waals surface area contributed by atoms with Gasteiger partial charge in [-0.3, -0.25) is 0 Å². The van der Waals surface area contributed by atoms with Crippen LogP contribution in [0.5, 0.6) is 0 Å². The number of hydrogen-bond acceptors (Lipinski definition) is 3. The molecule has 0 bridgehead atoms.